The molecule has 3 N–H and O–H groups in total. The van der Waals surface area contributed by atoms with E-state index in [2.05, 4.69) is 5.32 Å². The molecule has 2 atom stereocenters. The lowest BCUT2D eigenvalue weighted by atomic mass is 9.73. The molecule has 0 aromatic heterocycles. The predicted octanol–water partition coefficient (Wildman–Crippen LogP) is 2.64. The zero-order valence-corrected chi connectivity index (χ0v) is 15.5. The molecule has 138 valence electrons. The number of methoxy groups -OCH3 is 1. The van der Waals surface area contributed by atoms with Gasteiger partial charge in [-0.2, -0.15) is 0 Å². The van der Waals surface area contributed by atoms with Crippen LogP contribution in [0.25, 0.3) is 0 Å². The van der Waals surface area contributed by atoms with Crippen LogP contribution in [-0.2, 0) is 14.9 Å². The van der Waals surface area contributed by atoms with Crippen molar-refractivity contribution in [3.8, 4) is 5.75 Å². The minimum atomic E-state index is -0.217. The maximum Gasteiger partial charge on any atom is 0.223 e. The average Bonchev–Trinajstić information content (AvgIpc) is 3.07. The Morgan fingerprint density at radius 3 is 2.80 bits per heavy atom. The zero-order chi connectivity index (χ0) is 17.9. The molecule has 6 heteroatoms. The van der Waals surface area contributed by atoms with Gasteiger partial charge in [0, 0.05) is 47.7 Å². The lowest BCUT2D eigenvalue weighted by Gasteiger charge is -2.39. The van der Waals surface area contributed by atoms with Crippen molar-refractivity contribution in [2.45, 2.75) is 43.6 Å². The van der Waals surface area contributed by atoms with Crippen LogP contribution in [0.1, 0.15) is 37.7 Å². The van der Waals surface area contributed by atoms with Gasteiger partial charge in [0.15, 0.2) is 0 Å². The second-order valence-electron chi connectivity index (χ2n) is 7.23. The monoisotopic (exact) mass is 366 g/mol. The van der Waals surface area contributed by atoms with E-state index in [1.54, 1.807) is 7.11 Å². The fourth-order valence-electron chi connectivity index (χ4n) is 4.05. The third kappa shape index (κ3) is 4.10. The van der Waals surface area contributed by atoms with Crippen molar-refractivity contribution in [2.75, 3.05) is 26.9 Å². The molecule has 2 aliphatic rings. The van der Waals surface area contributed by atoms with Crippen molar-refractivity contribution in [3.05, 3.63) is 28.8 Å². The highest BCUT2D eigenvalue weighted by Gasteiger charge is 2.38. The molecular formula is C19H27ClN2O3. The minimum Gasteiger partial charge on any atom is -0.496 e. The Morgan fingerprint density at radius 2 is 2.16 bits per heavy atom. The quantitative estimate of drug-likeness (QED) is 0.840. The molecule has 25 heavy (non-hydrogen) atoms. The molecular weight excluding hydrogens is 340 g/mol. The number of ether oxygens (including phenoxy) is 2. The SMILES string of the molecule is COc1ccc(Cl)cc1C1(CNC(=O)C2CCC(N)C2)CCOCC1. The van der Waals surface area contributed by atoms with Crippen LogP contribution in [-0.4, -0.2) is 38.8 Å². The Labute approximate surface area is 154 Å². The second-order valence-corrected chi connectivity index (χ2v) is 7.66. The van der Waals surface area contributed by atoms with E-state index in [0.29, 0.717) is 24.8 Å². The fourth-order valence-corrected chi connectivity index (χ4v) is 4.23. The first-order valence-electron chi connectivity index (χ1n) is 8.99. The fraction of sp³-hybridized carbons (Fsp3) is 0.632. The highest BCUT2D eigenvalue weighted by Crippen LogP contribution is 2.41. The number of rotatable bonds is 5. The first-order chi connectivity index (χ1) is 12.0. The molecule has 1 saturated carbocycles. The summed E-state index contributed by atoms with van der Waals surface area (Å²) in [5, 5.41) is 3.85. The van der Waals surface area contributed by atoms with Crippen LogP contribution >= 0.6 is 11.6 Å². The molecule has 0 radical (unpaired) electrons. The van der Waals surface area contributed by atoms with E-state index in [1.165, 1.54) is 0 Å². The molecule has 0 spiro atoms. The number of carbonyl (C=O) groups excluding carboxylic acids is 1. The summed E-state index contributed by atoms with van der Waals surface area (Å²) in [6, 6.07) is 5.84. The summed E-state index contributed by atoms with van der Waals surface area (Å²) in [5.41, 5.74) is 6.78. The molecule has 1 heterocycles. The van der Waals surface area contributed by atoms with Crippen molar-refractivity contribution in [1.82, 2.24) is 5.32 Å². The van der Waals surface area contributed by atoms with Gasteiger partial charge in [-0.25, -0.2) is 0 Å². The minimum absolute atomic E-state index is 0.0353. The van der Waals surface area contributed by atoms with Crippen LogP contribution in [0.15, 0.2) is 18.2 Å². The van der Waals surface area contributed by atoms with Crippen LogP contribution < -0.4 is 15.8 Å². The Bertz CT molecular complexity index is 617. The number of halogens is 1. The molecule has 3 rings (SSSR count). The summed E-state index contributed by atoms with van der Waals surface area (Å²) in [6.45, 7) is 1.90. The normalized spacial score (nSPS) is 25.6. The van der Waals surface area contributed by atoms with Gasteiger partial charge in [0.05, 0.1) is 7.11 Å². The standard InChI is InChI=1S/C19H27ClN2O3/c1-24-17-5-3-14(20)11-16(17)19(6-8-25-9-7-19)12-22-18(23)13-2-4-15(21)10-13/h3,5,11,13,15H,2,4,6-10,12,21H2,1H3,(H,22,23). The number of carbonyl (C=O) groups is 1. The van der Waals surface area contributed by atoms with Crippen LogP contribution in [0.3, 0.4) is 0 Å². The van der Waals surface area contributed by atoms with E-state index in [9.17, 15) is 4.79 Å². The van der Waals surface area contributed by atoms with Gasteiger partial charge in [-0.3, -0.25) is 4.79 Å². The number of amides is 1. The molecule has 2 fully saturated rings. The van der Waals surface area contributed by atoms with E-state index in [-0.39, 0.29) is 23.3 Å². The molecule has 0 bridgehead atoms. The number of nitrogens with one attached hydrogen (secondary N) is 1. The van der Waals surface area contributed by atoms with Crippen LogP contribution in [0, 0.1) is 5.92 Å². The molecule has 1 saturated heterocycles. The van der Waals surface area contributed by atoms with E-state index in [0.717, 1.165) is 43.4 Å². The largest absolute Gasteiger partial charge is 0.496 e. The van der Waals surface area contributed by atoms with Crippen LogP contribution in [0.5, 0.6) is 5.75 Å². The number of nitrogens with two attached hydrogens (primary N) is 1. The summed E-state index contributed by atoms with van der Waals surface area (Å²) in [4.78, 5) is 12.6. The van der Waals surface area contributed by atoms with E-state index < -0.39 is 0 Å². The molecule has 1 aliphatic heterocycles. The molecule has 2 unspecified atom stereocenters. The van der Waals surface area contributed by atoms with E-state index >= 15 is 0 Å². The van der Waals surface area contributed by atoms with Crippen molar-refractivity contribution in [1.29, 1.82) is 0 Å². The van der Waals surface area contributed by atoms with Gasteiger partial charge in [0.2, 0.25) is 5.91 Å². The molecule has 1 aromatic carbocycles. The molecule has 1 amide bonds. The lowest BCUT2D eigenvalue weighted by Crippen LogP contribution is -2.46. The van der Waals surface area contributed by atoms with Crippen molar-refractivity contribution < 1.29 is 14.3 Å². The predicted molar refractivity (Wildman–Crippen MR) is 98.1 cm³/mol. The molecule has 1 aromatic rings. The number of hydrogen-bond donors (Lipinski definition) is 2. The number of benzene rings is 1. The Morgan fingerprint density at radius 1 is 1.40 bits per heavy atom. The van der Waals surface area contributed by atoms with Crippen molar-refractivity contribution in [2.24, 2.45) is 11.7 Å². The first kappa shape index (κ1) is 18.5. The summed E-state index contributed by atoms with van der Waals surface area (Å²) in [6.07, 6.45) is 4.24. The van der Waals surface area contributed by atoms with Crippen LogP contribution in [0.2, 0.25) is 5.02 Å². The smallest absolute Gasteiger partial charge is 0.223 e. The van der Waals surface area contributed by atoms with E-state index in [1.807, 2.05) is 18.2 Å². The maximum atomic E-state index is 12.6. The number of hydrogen-bond acceptors (Lipinski definition) is 4. The van der Waals surface area contributed by atoms with Gasteiger partial charge in [-0.15, -0.1) is 0 Å². The summed E-state index contributed by atoms with van der Waals surface area (Å²) in [7, 11) is 1.66. The summed E-state index contributed by atoms with van der Waals surface area (Å²) >= 11 is 6.25. The van der Waals surface area contributed by atoms with Gasteiger partial charge in [0.25, 0.3) is 0 Å². The average molecular weight is 367 g/mol. The van der Waals surface area contributed by atoms with Gasteiger partial charge in [0.1, 0.15) is 5.75 Å². The van der Waals surface area contributed by atoms with Gasteiger partial charge < -0.3 is 20.5 Å². The lowest BCUT2D eigenvalue weighted by molar-refractivity contribution is -0.125. The highest BCUT2D eigenvalue weighted by molar-refractivity contribution is 6.30. The Balaban J connectivity index is 1.79. The highest BCUT2D eigenvalue weighted by atomic mass is 35.5. The third-order valence-corrected chi connectivity index (χ3v) is 5.86. The first-order valence-corrected chi connectivity index (χ1v) is 9.37. The summed E-state index contributed by atoms with van der Waals surface area (Å²) in [5.74, 6) is 0.955. The van der Waals surface area contributed by atoms with Crippen molar-refractivity contribution >= 4 is 17.5 Å². The second kappa shape index (κ2) is 7.94. The summed E-state index contributed by atoms with van der Waals surface area (Å²) < 4.78 is 11.1. The Hall–Kier alpha value is -1.30. The van der Waals surface area contributed by atoms with Gasteiger partial charge >= 0.3 is 0 Å². The van der Waals surface area contributed by atoms with Crippen molar-refractivity contribution in [3.63, 3.8) is 0 Å². The Kier molecular flexibility index (Phi) is 5.87. The maximum absolute atomic E-state index is 12.6. The van der Waals surface area contributed by atoms with Gasteiger partial charge in [-0.1, -0.05) is 11.6 Å². The van der Waals surface area contributed by atoms with Gasteiger partial charge in [-0.05, 0) is 50.3 Å². The zero-order valence-electron chi connectivity index (χ0n) is 14.7. The molecule has 5 nitrogen and oxygen atoms in total. The van der Waals surface area contributed by atoms with Crippen LogP contribution in [0.4, 0.5) is 0 Å². The topological polar surface area (TPSA) is 73.6 Å². The molecule has 1 aliphatic carbocycles. The van der Waals surface area contributed by atoms with E-state index in [4.69, 9.17) is 26.8 Å². The third-order valence-electron chi connectivity index (χ3n) is 5.63.